The van der Waals surface area contributed by atoms with Gasteiger partial charge in [0.05, 0.1) is 17.3 Å². The Labute approximate surface area is 124 Å². The number of nitrogens with zero attached hydrogens (tertiary/aromatic N) is 1. The second-order valence-electron chi connectivity index (χ2n) is 4.82. The number of aryl methyl sites for hydroxylation is 1. The molecule has 1 aliphatic rings. The molecule has 6 heteroatoms. The summed E-state index contributed by atoms with van der Waals surface area (Å²) in [6.45, 7) is 4.01. The fourth-order valence-corrected chi connectivity index (χ4v) is 2.40. The highest BCUT2D eigenvalue weighted by molar-refractivity contribution is 6.33. The number of benzene rings is 1. The van der Waals surface area contributed by atoms with E-state index in [1.165, 1.54) is 0 Å². The standard InChI is InChI=1S/C13H18ClN3O.ClH/c1-9-2-3-12(11(14)6-9)16-13(18)8-17-5-4-10(15)7-17;/h2-3,6,10H,4-5,7-8,15H2,1H3,(H,16,18);1H/t10-;/m0./s1. The summed E-state index contributed by atoms with van der Waals surface area (Å²) in [5, 5.41) is 3.40. The highest BCUT2D eigenvalue weighted by Gasteiger charge is 2.21. The summed E-state index contributed by atoms with van der Waals surface area (Å²) in [7, 11) is 0. The highest BCUT2D eigenvalue weighted by Crippen LogP contribution is 2.22. The molecule has 1 saturated heterocycles. The fraction of sp³-hybridized carbons (Fsp3) is 0.462. The van der Waals surface area contributed by atoms with Crippen molar-refractivity contribution in [3.8, 4) is 0 Å². The van der Waals surface area contributed by atoms with Crippen LogP contribution in [-0.4, -0.2) is 36.5 Å². The largest absolute Gasteiger partial charge is 0.326 e. The van der Waals surface area contributed by atoms with Gasteiger partial charge in [0, 0.05) is 19.1 Å². The lowest BCUT2D eigenvalue weighted by Crippen LogP contribution is -2.33. The first-order chi connectivity index (χ1) is 8.54. The zero-order valence-electron chi connectivity index (χ0n) is 10.9. The lowest BCUT2D eigenvalue weighted by atomic mass is 10.2. The minimum atomic E-state index is -0.0464. The number of hydrogen-bond donors (Lipinski definition) is 2. The Balaban J connectivity index is 0.00000180. The molecule has 1 aromatic rings. The second kappa shape index (κ2) is 7.10. The molecule has 0 aromatic heterocycles. The molecule has 1 aliphatic heterocycles. The maximum Gasteiger partial charge on any atom is 0.238 e. The Morgan fingerprint density at radius 3 is 2.89 bits per heavy atom. The minimum absolute atomic E-state index is 0. The molecule has 0 saturated carbocycles. The van der Waals surface area contributed by atoms with Gasteiger partial charge in [0.2, 0.25) is 5.91 Å². The first kappa shape index (κ1) is 16.2. The molecular weight excluding hydrogens is 285 g/mol. The van der Waals surface area contributed by atoms with Crippen molar-refractivity contribution in [1.82, 2.24) is 4.90 Å². The normalized spacial score (nSPS) is 19.0. The van der Waals surface area contributed by atoms with Crippen LogP contribution in [-0.2, 0) is 4.79 Å². The van der Waals surface area contributed by atoms with E-state index < -0.39 is 0 Å². The molecule has 1 atom stereocenters. The van der Waals surface area contributed by atoms with E-state index in [1.807, 2.05) is 25.1 Å². The fourth-order valence-electron chi connectivity index (χ4n) is 2.12. The average molecular weight is 304 g/mol. The van der Waals surface area contributed by atoms with E-state index in [9.17, 15) is 4.79 Å². The van der Waals surface area contributed by atoms with Crippen LogP contribution < -0.4 is 11.1 Å². The van der Waals surface area contributed by atoms with Crippen LogP contribution in [0.25, 0.3) is 0 Å². The zero-order valence-corrected chi connectivity index (χ0v) is 12.4. The summed E-state index contributed by atoms with van der Waals surface area (Å²) in [6.07, 6.45) is 0.957. The van der Waals surface area contributed by atoms with Crippen molar-refractivity contribution in [3.05, 3.63) is 28.8 Å². The monoisotopic (exact) mass is 303 g/mol. The third kappa shape index (κ3) is 4.66. The minimum Gasteiger partial charge on any atom is -0.326 e. The maximum atomic E-state index is 11.9. The van der Waals surface area contributed by atoms with Gasteiger partial charge in [-0.05, 0) is 31.0 Å². The Kier molecular flexibility index (Phi) is 6.07. The number of carbonyl (C=O) groups is 1. The van der Waals surface area contributed by atoms with E-state index in [-0.39, 0.29) is 24.4 Å². The molecular formula is C13H19Cl2N3O. The molecule has 19 heavy (non-hydrogen) atoms. The van der Waals surface area contributed by atoms with E-state index in [0.29, 0.717) is 17.3 Å². The summed E-state index contributed by atoms with van der Waals surface area (Å²) in [5.41, 5.74) is 7.54. The highest BCUT2D eigenvalue weighted by atomic mass is 35.5. The molecule has 1 amide bonds. The number of halogens is 2. The molecule has 4 nitrogen and oxygen atoms in total. The molecule has 1 heterocycles. The molecule has 0 radical (unpaired) electrons. The molecule has 0 aliphatic carbocycles. The third-order valence-corrected chi connectivity index (χ3v) is 3.39. The molecule has 0 spiro atoms. The Hall–Kier alpha value is -0.810. The second-order valence-corrected chi connectivity index (χ2v) is 5.22. The van der Waals surface area contributed by atoms with Gasteiger partial charge in [0.1, 0.15) is 0 Å². The zero-order chi connectivity index (χ0) is 13.1. The van der Waals surface area contributed by atoms with Crippen LogP contribution in [0, 0.1) is 6.92 Å². The summed E-state index contributed by atoms with van der Waals surface area (Å²) in [5.74, 6) is -0.0464. The molecule has 1 aromatic carbocycles. The summed E-state index contributed by atoms with van der Waals surface area (Å²) in [4.78, 5) is 13.9. The van der Waals surface area contributed by atoms with Crippen molar-refractivity contribution in [2.45, 2.75) is 19.4 Å². The summed E-state index contributed by atoms with van der Waals surface area (Å²) in [6, 6.07) is 5.78. The van der Waals surface area contributed by atoms with Gasteiger partial charge >= 0.3 is 0 Å². The predicted octanol–water partition coefficient (Wildman–Crippen LogP) is 2.04. The van der Waals surface area contributed by atoms with Crippen molar-refractivity contribution in [2.75, 3.05) is 25.0 Å². The van der Waals surface area contributed by atoms with Crippen molar-refractivity contribution < 1.29 is 4.79 Å². The van der Waals surface area contributed by atoms with Gasteiger partial charge < -0.3 is 11.1 Å². The van der Waals surface area contributed by atoms with Gasteiger partial charge in [-0.25, -0.2) is 0 Å². The summed E-state index contributed by atoms with van der Waals surface area (Å²) < 4.78 is 0. The smallest absolute Gasteiger partial charge is 0.238 e. The van der Waals surface area contributed by atoms with E-state index >= 15 is 0 Å². The van der Waals surface area contributed by atoms with Crippen molar-refractivity contribution in [2.24, 2.45) is 5.73 Å². The van der Waals surface area contributed by atoms with Gasteiger partial charge in [-0.15, -0.1) is 12.4 Å². The van der Waals surface area contributed by atoms with Crippen molar-refractivity contribution >= 4 is 35.6 Å². The number of nitrogens with one attached hydrogen (secondary N) is 1. The molecule has 3 N–H and O–H groups in total. The van der Waals surface area contributed by atoms with Crippen LogP contribution >= 0.6 is 24.0 Å². The number of amides is 1. The number of carbonyl (C=O) groups excluding carboxylic acids is 1. The first-order valence-electron chi connectivity index (χ1n) is 6.08. The summed E-state index contributed by atoms with van der Waals surface area (Å²) >= 11 is 6.07. The van der Waals surface area contributed by atoms with Crippen LogP contribution in [0.2, 0.25) is 5.02 Å². The molecule has 1 fully saturated rings. The molecule has 0 bridgehead atoms. The average Bonchev–Trinajstić information content (AvgIpc) is 2.68. The number of anilines is 1. The maximum absolute atomic E-state index is 11.9. The van der Waals surface area contributed by atoms with Gasteiger partial charge in [-0.2, -0.15) is 0 Å². The number of likely N-dealkylation sites (tertiary alicyclic amines) is 1. The Morgan fingerprint density at radius 1 is 1.58 bits per heavy atom. The van der Waals surface area contributed by atoms with E-state index in [1.54, 1.807) is 0 Å². The quantitative estimate of drug-likeness (QED) is 0.898. The van der Waals surface area contributed by atoms with Gasteiger partial charge in [-0.3, -0.25) is 9.69 Å². The van der Waals surface area contributed by atoms with Crippen molar-refractivity contribution in [3.63, 3.8) is 0 Å². The lowest BCUT2D eigenvalue weighted by Gasteiger charge is -2.15. The molecule has 106 valence electrons. The SMILES string of the molecule is Cc1ccc(NC(=O)CN2CC[C@H](N)C2)c(Cl)c1.Cl. The molecule has 0 unspecified atom stereocenters. The predicted molar refractivity (Wildman–Crippen MR) is 81.1 cm³/mol. The van der Waals surface area contributed by atoms with Gasteiger partial charge in [-0.1, -0.05) is 17.7 Å². The lowest BCUT2D eigenvalue weighted by molar-refractivity contribution is -0.117. The number of nitrogens with two attached hydrogens (primary N) is 1. The van der Waals surface area contributed by atoms with Gasteiger partial charge in [0.25, 0.3) is 0 Å². The first-order valence-corrected chi connectivity index (χ1v) is 6.46. The van der Waals surface area contributed by atoms with E-state index in [0.717, 1.165) is 25.1 Å². The number of rotatable bonds is 3. The van der Waals surface area contributed by atoms with Crippen LogP contribution in [0.5, 0.6) is 0 Å². The topological polar surface area (TPSA) is 58.4 Å². The van der Waals surface area contributed by atoms with E-state index in [2.05, 4.69) is 10.2 Å². The Bertz CT molecular complexity index is 454. The van der Waals surface area contributed by atoms with E-state index in [4.69, 9.17) is 17.3 Å². The van der Waals surface area contributed by atoms with Crippen LogP contribution in [0.15, 0.2) is 18.2 Å². The van der Waals surface area contributed by atoms with Gasteiger partial charge in [0.15, 0.2) is 0 Å². The third-order valence-electron chi connectivity index (χ3n) is 3.07. The Morgan fingerprint density at radius 2 is 2.32 bits per heavy atom. The van der Waals surface area contributed by atoms with Crippen molar-refractivity contribution in [1.29, 1.82) is 0 Å². The van der Waals surface area contributed by atoms with Crippen LogP contribution in [0.1, 0.15) is 12.0 Å². The molecule has 2 rings (SSSR count). The van der Waals surface area contributed by atoms with Crippen LogP contribution in [0.4, 0.5) is 5.69 Å². The van der Waals surface area contributed by atoms with Crippen LogP contribution in [0.3, 0.4) is 0 Å². The number of hydrogen-bond acceptors (Lipinski definition) is 3.